The molecular weight excluding hydrogens is 430 g/mol. The number of likely N-dealkylation sites (N-methyl/N-ethyl adjacent to an activating group) is 1. The highest BCUT2D eigenvalue weighted by Crippen LogP contribution is 2.33. The number of benzene rings is 1. The van der Waals surface area contributed by atoms with Gasteiger partial charge in [-0.15, -0.1) is 11.3 Å². The van der Waals surface area contributed by atoms with E-state index in [0.717, 1.165) is 63.5 Å². The van der Waals surface area contributed by atoms with Gasteiger partial charge in [0, 0.05) is 72.7 Å². The van der Waals surface area contributed by atoms with Gasteiger partial charge in [-0.1, -0.05) is 12.1 Å². The van der Waals surface area contributed by atoms with Crippen LogP contribution in [0.1, 0.15) is 23.3 Å². The lowest BCUT2D eigenvalue weighted by molar-refractivity contribution is -0.125. The number of nitrogens with one attached hydrogen (secondary N) is 1. The van der Waals surface area contributed by atoms with E-state index in [4.69, 9.17) is 0 Å². The Balaban J connectivity index is 1.18. The van der Waals surface area contributed by atoms with E-state index in [2.05, 4.69) is 75.4 Å². The highest BCUT2D eigenvalue weighted by molar-refractivity contribution is 7.19. The summed E-state index contributed by atoms with van der Waals surface area (Å²) in [5.74, 6) is 1.17. The first-order valence-corrected chi connectivity index (χ1v) is 12.8. The van der Waals surface area contributed by atoms with Crippen LogP contribution in [0.4, 0.5) is 11.5 Å². The number of piperazine rings is 1. The van der Waals surface area contributed by atoms with Crippen LogP contribution in [0.25, 0.3) is 10.1 Å². The Morgan fingerprint density at radius 3 is 2.67 bits per heavy atom. The molecule has 2 aliphatic heterocycles. The van der Waals surface area contributed by atoms with Crippen molar-refractivity contribution in [2.45, 2.75) is 26.3 Å². The number of hydrogen-bond donors (Lipinski definition) is 1. The first-order chi connectivity index (χ1) is 16.1. The number of carbonyl (C=O) groups is 1. The second kappa shape index (κ2) is 9.69. The van der Waals surface area contributed by atoms with E-state index in [-0.39, 0.29) is 11.8 Å². The third kappa shape index (κ3) is 4.99. The van der Waals surface area contributed by atoms with E-state index in [1.165, 1.54) is 20.7 Å². The Hall–Kier alpha value is -2.64. The standard InChI is InChI=1S/C26H33N5OS/c1-19-16-23-24(33-19)9-10-27-25(23)31-11-3-4-21(18-31)26(32)28-17-20-5-7-22(8-6-20)30-14-12-29(2)13-15-30/h5-10,16,21H,3-4,11-15,17-18H2,1-2H3,(H,28,32)/t21-/m1/s1. The largest absolute Gasteiger partial charge is 0.369 e. The van der Waals surface area contributed by atoms with Gasteiger partial charge in [0.15, 0.2) is 0 Å². The fraction of sp³-hybridized carbons (Fsp3) is 0.462. The molecule has 7 heteroatoms. The number of piperidine rings is 1. The van der Waals surface area contributed by atoms with Crippen molar-refractivity contribution in [1.82, 2.24) is 15.2 Å². The molecule has 2 aliphatic rings. The average molecular weight is 464 g/mol. The van der Waals surface area contributed by atoms with Gasteiger partial charge in [0.2, 0.25) is 5.91 Å². The van der Waals surface area contributed by atoms with Gasteiger partial charge in [0.25, 0.3) is 0 Å². The lowest BCUT2D eigenvalue weighted by atomic mass is 9.96. The lowest BCUT2D eigenvalue weighted by Gasteiger charge is -2.34. The van der Waals surface area contributed by atoms with Gasteiger partial charge in [-0.3, -0.25) is 4.79 Å². The van der Waals surface area contributed by atoms with Crippen molar-refractivity contribution >= 4 is 38.8 Å². The predicted molar refractivity (Wildman–Crippen MR) is 137 cm³/mol. The normalized spacial score (nSPS) is 19.8. The smallest absolute Gasteiger partial charge is 0.225 e. The first-order valence-electron chi connectivity index (χ1n) is 12.0. The lowest BCUT2D eigenvalue weighted by Crippen LogP contribution is -2.44. The van der Waals surface area contributed by atoms with Crippen LogP contribution in [-0.2, 0) is 11.3 Å². The van der Waals surface area contributed by atoms with Gasteiger partial charge in [-0.25, -0.2) is 4.98 Å². The number of fused-ring (bicyclic) bond motifs is 1. The zero-order valence-corrected chi connectivity index (χ0v) is 20.4. The maximum absolute atomic E-state index is 13.0. The third-order valence-electron chi connectivity index (χ3n) is 6.91. The highest BCUT2D eigenvalue weighted by Gasteiger charge is 2.27. The number of aryl methyl sites for hydroxylation is 1. The number of amides is 1. The minimum Gasteiger partial charge on any atom is -0.369 e. The van der Waals surface area contributed by atoms with Crippen molar-refractivity contribution in [3.8, 4) is 0 Å². The van der Waals surface area contributed by atoms with Crippen LogP contribution in [0.5, 0.6) is 0 Å². The molecular formula is C26H33N5OS. The second-order valence-electron chi connectivity index (χ2n) is 9.36. The van der Waals surface area contributed by atoms with E-state index < -0.39 is 0 Å². The zero-order chi connectivity index (χ0) is 22.8. The Labute approximate surface area is 200 Å². The minimum absolute atomic E-state index is 0.000140. The van der Waals surface area contributed by atoms with Crippen molar-refractivity contribution < 1.29 is 4.79 Å². The third-order valence-corrected chi connectivity index (χ3v) is 7.93. The van der Waals surface area contributed by atoms with E-state index in [9.17, 15) is 4.79 Å². The molecule has 1 N–H and O–H groups in total. The maximum Gasteiger partial charge on any atom is 0.225 e. The van der Waals surface area contributed by atoms with Crippen LogP contribution in [0.15, 0.2) is 42.6 Å². The molecule has 0 bridgehead atoms. The Kier molecular flexibility index (Phi) is 6.51. The van der Waals surface area contributed by atoms with Crippen LogP contribution >= 0.6 is 11.3 Å². The molecule has 2 saturated heterocycles. The molecule has 5 rings (SSSR count). The summed E-state index contributed by atoms with van der Waals surface area (Å²) in [6.07, 6.45) is 3.84. The fourth-order valence-electron chi connectivity index (χ4n) is 4.93. The van der Waals surface area contributed by atoms with Crippen molar-refractivity contribution in [3.63, 3.8) is 0 Å². The minimum atomic E-state index is 0.000140. The van der Waals surface area contributed by atoms with Crippen LogP contribution < -0.4 is 15.1 Å². The molecule has 174 valence electrons. The van der Waals surface area contributed by atoms with Gasteiger partial charge in [-0.2, -0.15) is 0 Å². The highest BCUT2D eigenvalue weighted by atomic mass is 32.1. The molecule has 6 nitrogen and oxygen atoms in total. The van der Waals surface area contributed by atoms with E-state index in [1.807, 2.05) is 6.20 Å². The van der Waals surface area contributed by atoms with Crippen molar-refractivity contribution in [2.24, 2.45) is 5.92 Å². The number of thiophene rings is 1. The number of aromatic nitrogens is 1. The number of nitrogens with zero attached hydrogens (tertiary/aromatic N) is 4. The van der Waals surface area contributed by atoms with Gasteiger partial charge in [-0.05, 0) is 56.6 Å². The van der Waals surface area contributed by atoms with E-state index in [0.29, 0.717) is 6.54 Å². The number of hydrogen-bond acceptors (Lipinski definition) is 6. The summed E-state index contributed by atoms with van der Waals surface area (Å²) in [6.45, 7) is 8.75. The van der Waals surface area contributed by atoms with Crippen molar-refractivity contribution in [2.75, 3.05) is 56.1 Å². The topological polar surface area (TPSA) is 51.7 Å². The molecule has 0 spiro atoms. The number of pyridine rings is 1. The average Bonchev–Trinajstić information content (AvgIpc) is 3.24. The molecule has 0 unspecified atom stereocenters. The summed E-state index contributed by atoms with van der Waals surface area (Å²) in [5.41, 5.74) is 2.42. The van der Waals surface area contributed by atoms with Gasteiger partial charge < -0.3 is 20.0 Å². The molecule has 0 saturated carbocycles. The molecule has 0 radical (unpaired) electrons. The Morgan fingerprint density at radius 2 is 1.88 bits per heavy atom. The SMILES string of the molecule is Cc1cc2c(N3CCC[C@@H](C(=O)NCc4ccc(N5CCN(C)CC5)cc4)C3)nccc2s1. The molecule has 1 amide bonds. The number of rotatable bonds is 5. The van der Waals surface area contributed by atoms with Crippen molar-refractivity contribution in [1.29, 1.82) is 0 Å². The molecule has 0 aliphatic carbocycles. The number of carbonyl (C=O) groups excluding carboxylic acids is 1. The predicted octanol–water partition coefficient (Wildman–Crippen LogP) is 3.89. The summed E-state index contributed by atoms with van der Waals surface area (Å²) in [7, 11) is 2.18. The molecule has 4 heterocycles. The molecule has 3 aromatic rings. The van der Waals surface area contributed by atoms with E-state index in [1.54, 1.807) is 11.3 Å². The van der Waals surface area contributed by atoms with Crippen LogP contribution in [0.2, 0.25) is 0 Å². The molecule has 33 heavy (non-hydrogen) atoms. The van der Waals surface area contributed by atoms with Crippen LogP contribution in [0, 0.1) is 12.8 Å². The fourth-order valence-corrected chi connectivity index (χ4v) is 5.85. The van der Waals surface area contributed by atoms with Crippen LogP contribution in [0.3, 0.4) is 0 Å². The monoisotopic (exact) mass is 463 g/mol. The van der Waals surface area contributed by atoms with Crippen molar-refractivity contribution in [3.05, 3.63) is 53.0 Å². The zero-order valence-electron chi connectivity index (χ0n) is 19.6. The first kappa shape index (κ1) is 22.2. The van der Waals surface area contributed by atoms with Gasteiger partial charge in [0.1, 0.15) is 5.82 Å². The summed E-state index contributed by atoms with van der Waals surface area (Å²) in [6, 6.07) is 13.0. The maximum atomic E-state index is 13.0. The molecule has 1 aromatic carbocycles. The Bertz CT molecular complexity index is 1100. The summed E-state index contributed by atoms with van der Waals surface area (Å²) in [5, 5.41) is 4.39. The van der Waals surface area contributed by atoms with Gasteiger partial charge in [0.05, 0.1) is 5.92 Å². The molecule has 1 atom stereocenters. The quantitative estimate of drug-likeness (QED) is 0.622. The number of anilines is 2. The molecule has 2 aromatic heterocycles. The summed E-state index contributed by atoms with van der Waals surface area (Å²) >= 11 is 1.80. The Morgan fingerprint density at radius 1 is 1.09 bits per heavy atom. The van der Waals surface area contributed by atoms with Crippen LogP contribution in [-0.4, -0.2) is 62.1 Å². The molecule has 2 fully saturated rings. The summed E-state index contributed by atoms with van der Waals surface area (Å²) < 4.78 is 1.27. The van der Waals surface area contributed by atoms with Gasteiger partial charge >= 0.3 is 0 Å². The second-order valence-corrected chi connectivity index (χ2v) is 10.7. The van der Waals surface area contributed by atoms with E-state index >= 15 is 0 Å². The summed E-state index contributed by atoms with van der Waals surface area (Å²) in [4.78, 5) is 26.1.